The molecule has 0 aliphatic carbocycles. The molecule has 0 spiro atoms. The second kappa shape index (κ2) is 4.04. The highest BCUT2D eigenvalue weighted by Crippen LogP contribution is 2.21. The van der Waals surface area contributed by atoms with Crippen LogP contribution in [0.2, 0.25) is 0 Å². The molecule has 1 atom stereocenters. The summed E-state index contributed by atoms with van der Waals surface area (Å²) in [6, 6.07) is 3.55. The summed E-state index contributed by atoms with van der Waals surface area (Å²) in [5, 5.41) is 8.55. The number of rotatable bonds is 2. The Labute approximate surface area is 81.8 Å². The first-order valence-corrected chi connectivity index (χ1v) is 4.47. The van der Waals surface area contributed by atoms with Gasteiger partial charge in [-0.05, 0) is 12.1 Å². The number of hydrogen-bond acceptors (Lipinski definition) is 4. The van der Waals surface area contributed by atoms with Crippen LogP contribution in [-0.2, 0) is 11.3 Å². The molecular weight excluding hydrogens is 209 g/mol. The zero-order valence-corrected chi connectivity index (χ0v) is 7.60. The third kappa shape index (κ3) is 2.18. The number of hydrogen-bond donors (Lipinski definition) is 2. The van der Waals surface area contributed by atoms with E-state index in [0.29, 0.717) is 0 Å². The molecule has 3 N–H and O–H groups in total. The molecule has 1 aromatic rings. The molecule has 0 fully saturated rings. The van der Waals surface area contributed by atoms with E-state index < -0.39 is 17.1 Å². The highest BCUT2D eigenvalue weighted by molar-refractivity contribution is 7.80. The van der Waals surface area contributed by atoms with Crippen molar-refractivity contribution in [3.8, 4) is 6.07 Å². The molecule has 0 aromatic heterocycles. The van der Waals surface area contributed by atoms with Gasteiger partial charge in [-0.3, -0.25) is 4.21 Å². The van der Waals surface area contributed by atoms with Gasteiger partial charge in [-0.15, -0.1) is 0 Å². The maximum atomic E-state index is 12.8. The fourth-order valence-electron chi connectivity index (χ4n) is 0.857. The Morgan fingerprint density at radius 1 is 1.64 bits per heavy atom. The van der Waals surface area contributed by atoms with Crippen molar-refractivity contribution in [2.45, 2.75) is 0 Å². The van der Waals surface area contributed by atoms with E-state index in [1.807, 2.05) is 4.72 Å². The molecule has 0 heterocycles. The predicted molar refractivity (Wildman–Crippen MR) is 48.1 cm³/mol. The van der Waals surface area contributed by atoms with Gasteiger partial charge in [0.2, 0.25) is 0 Å². The van der Waals surface area contributed by atoms with E-state index in [2.05, 4.69) is 0 Å². The van der Waals surface area contributed by atoms with E-state index in [0.717, 1.165) is 12.1 Å². The van der Waals surface area contributed by atoms with Gasteiger partial charge >= 0.3 is 0 Å². The van der Waals surface area contributed by atoms with Crippen LogP contribution in [0.5, 0.6) is 0 Å². The molecule has 0 saturated carbocycles. The van der Waals surface area contributed by atoms with Crippen molar-refractivity contribution >= 4 is 22.6 Å². The minimum atomic E-state index is -2.57. The lowest BCUT2D eigenvalue weighted by atomic mass is 10.2. The number of halogens is 1. The maximum Gasteiger partial charge on any atom is 0.147 e. The molecule has 0 radical (unpaired) electrons. The van der Waals surface area contributed by atoms with Crippen LogP contribution in [0.25, 0.3) is 0 Å². The van der Waals surface area contributed by atoms with Crippen molar-refractivity contribution in [1.82, 2.24) is 0 Å². The average Bonchev–Trinajstić information content (AvgIpc) is 2.10. The van der Waals surface area contributed by atoms with E-state index >= 15 is 0 Å². The van der Waals surface area contributed by atoms with Crippen LogP contribution in [0.15, 0.2) is 12.1 Å². The molecule has 74 valence electrons. The van der Waals surface area contributed by atoms with Gasteiger partial charge in [0.1, 0.15) is 11.9 Å². The number of nitrogen functional groups attached to an aromatic ring is 1. The van der Waals surface area contributed by atoms with Crippen LogP contribution in [0, 0.1) is 17.1 Å². The topological polar surface area (TPSA) is 102 Å². The molecule has 0 saturated heterocycles. The molecule has 14 heavy (non-hydrogen) atoms. The number of anilines is 2. The Hall–Kier alpha value is -1.65. The summed E-state index contributed by atoms with van der Waals surface area (Å²) in [7, 11) is 0. The summed E-state index contributed by atoms with van der Waals surface area (Å²) in [4.78, 5) is 0. The quantitative estimate of drug-likeness (QED) is 0.552. The van der Waals surface area contributed by atoms with Crippen molar-refractivity contribution in [2.75, 3.05) is 10.5 Å². The van der Waals surface area contributed by atoms with Gasteiger partial charge < -0.3 is 15.0 Å². The highest BCUT2D eigenvalue weighted by atomic mass is 32.2. The molecule has 1 unspecified atom stereocenters. The third-order valence-corrected chi connectivity index (χ3v) is 1.84. The number of nitrogens with zero attached hydrogens (tertiary/aromatic N) is 1. The van der Waals surface area contributed by atoms with E-state index in [-0.39, 0.29) is 16.9 Å². The maximum absolute atomic E-state index is 12.8. The van der Waals surface area contributed by atoms with Gasteiger partial charge in [-0.2, -0.15) is 5.26 Å². The van der Waals surface area contributed by atoms with Gasteiger partial charge in [-0.25, -0.2) is 4.39 Å². The number of nitrogens with one attached hydrogen (secondary N) is 1. The summed E-state index contributed by atoms with van der Waals surface area (Å²) in [6.45, 7) is 0. The van der Waals surface area contributed by atoms with Crippen LogP contribution in [0.4, 0.5) is 15.8 Å². The molecule has 0 bridgehead atoms. The molecule has 0 aliphatic heterocycles. The van der Waals surface area contributed by atoms with Gasteiger partial charge in [-0.1, -0.05) is 0 Å². The van der Waals surface area contributed by atoms with Crippen LogP contribution >= 0.6 is 0 Å². The minimum Gasteiger partial charge on any atom is -0.755 e. The van der Waals surface area contributed by atoms with Gasteiger partial charge in [0.15, 0.2) is 0 Å². The molecule has 0 amide bonds. The normalized spacial score (nSPS) is 11.8. The zero-order valence-electron chi connectivity index (χ0n) is 6.78. The first kappa shape index (κ1) is 10.4. The Kier molecular flexibility index (Phi) is 3.01. The summed E-state index contributed by atoms with van der Waals surface area (Å²) in [5.41, 5.74) is 4.80. The van der Waals surface area contributed by atoms with Crippen LogP contribution in [0.1, 0.15) is 5.56 Å². The fraction of sp³-hybridized carbons (Fsp3) is 0. The van der Waals surface area contributed by atoms with Crippen molar-refractivity contribution in [1.29, 1.82) is 5.26 Å². The SMILES string of the molecule is N#Cc1cc(F)c(N)cc1NS(=O)[O-]. The lowest BCUT2D eigenvalue weighted by molar-refractivity contribution is 0.542. The number of nitriles is 1. The Balaban J connectivity index is 3.22. The van der Waals surface area contributed by atoms with Crippen molar-refractivity contribution in [3.63, 3.8) is 0 Å². The van der Waals surface area contributed by atoms with E-state index in [1.165, 1.54) is 0 Å². The minimum absolute atomic E-state index is 0.0419. The van der Waals surface area contributed by atoms with Crippen LogP contribution in [0.3, 0.4) is 0 Å². The predicted octanol–water partition coefficient (Wildman–Crippen LogP) is 0.486. The first-order valence-electron chi connectivity index (χ1n) is 3.39. The standard InChI is InChI=1S/C7H6FN3O2S/c8-5-1-4(3-9)7(2-6(5)10)11-14(12)13/h1-2,11H,10H2,(H,12,13)/p-1. The fourth-order valence-corrected chi connectivity index (χ4v) is 1.21. The average molecular weight is 214 g/mol. The molecule has 7 heteroatoms. The number of nitrogens with two attached hydrogens (primary N) is 1. The van der Waals surface area contributed by atoms with E-state index in [4.69, 9.17) is 11.0 Å². The lowest BCUT2D eigenvalue weighted by Gasteiger charge is -2.10. The first-order chi connectivity index (χ1) is 6.54. The monoisotopic (exact) mass is 214 g/mol. The van der Waals surface area contributed by atoms with Crippen molar-refractivity contribution < 1.29 is 13.2 Å². The summed E-state index contributed by atoms with van der Waals surface area (Å²) >= 11 is -2.57. The lowest BCUT2D eigenvalue weighted by Crippen LogP contribution is -2.05. The van der Waals surface area contributed by atoms with Crippen molar-refractivity contribution in [3.05, 3.63) is 23.5 Å². The van der Waals surface area contributed by atoms with Crippen LogP contribution < -0.4 is 10.5 Å². The molecular formula is C7H5FN3O2S-. The zero-order chi connectivity index (χ0) is 10.7. The number of benzene rings is 1. The van der Waals surface area contributed by atoms with Gasteiger partial charge in [0, 0.05) is 11.3 Å². The smallest absolute Gasteiger partial charge is 0.147 e. The highest BCUT2D eigenvalue weighted by Gasteiger charge is 2.07. The van der Waals surface area contributed by atoms with Gasteiger partial charge in [0.05, 0.1) is 16.9 Å². The molecule has 1 rings (SSSR count). The largest absolute Gasteiger partial charge is 0.755 e. The molecule has 5 nitrogen and oxygen atoms in total. The summed E-state index contributed by atoms with van der Waals surface area (Å²) in [6.07, 6.45) is 0. The van der Waals surface area contributed by atoms with E-state index in [9.17, 15) is 13.2 Å². The second-order valence-electron chi connectivity index (χ2n) is 2.37. The molecule has 1 aromatic carbocycles. The Morgan fingerprint density at radius 3 is 2.79 bits per heavy atom. The third-order valence-electron chi connectivity index (χ3n) is 1.45. The van der Waals surface area contributed by atoms with E-state index in [1.54, 1.807) is 6.07 Å². The van der Waals surface area contributed by atoms with Crippen LogP contribution in [-0.4, -0.2) is 8.76 Å². The molecule has 0 aliphatic rings. The Bertz CT molecular complexity index is 430. The summed E-state index contributed by atoms with van der Waals surface area (Å²) in [5.74, 6) is -0.760. The summed E-state index contributed by atoms with van der Waals surface area (Å²) < 4.78 is 35.3. The van der Waals surface area contributed by atoms with Gasteiger partial charge in [0.25, 0.3) is 0 Å². The Morgan fingerprint density at radius 2 is 2.29 bits per heavy atom. The second-order valence-corrected chi connectivity index (χ2v) is 3.04. The van der Waals surface area contributed by atoms with Crippen molar-refractivity contribution in [2.24, 2.45) is 0 Å².